The molecule has 4 rings (SSSR count). The fraction of sp³-hybridized carbons (Fsp3) is 0.0769. The molecule has 0 aliphatic carbocycles. The van der Waals surface area contributed by atoms with E-state index in [1.165, 1.54) is 6.21 Å². The van der Waals surface area contributed by atoms with Gasteiger partial charge in [-0.05, 0) is 40.1 Å². The fourth-order valence-corrected chi connectivity index (χ4v) is 3.61. The van der Waals surface area contributed by atoms with E-state index in [1.54, 1.807) is 25.3 Å². The third-order valence-corrected chi connectivity index (χ3v) is 5.17. The Morgan fingerprint density at radius 2 is 1.75 bits per heavy atom. The minimum absolute atomic E-state index is 0.293. The number of fused-ring (bicyclic) bond motifs is 1. The van der Waals surface area contributed by atoms with E-state index in [2.05, 4.69) is 10.5 Å². The van der Waals surface area contributed by atoms with Crippen molar-refractivity contribution in [1.82, 2.24) is 5.43 Å². The van der Waals surface area contributed by atoms with E-state index in [0.29, 0.717) is 34.3 Å². The van der Waals surface area contributed by atoms with Crippen molar-refractivity contribution in [1.29, 1.82) is 0 Å². The molecule has 0 aliphatic rings. The van der Waals surface area contributed by atoms with Crippen LogP contribution in [-0.4, -0.2) is 19.2 Å². The first-order valence-corrected chi connectivity index (χ1v) is 10.4. The maximum Gasteiger partial charge on any atom is 0.271 e. The van der Waals surface area contributed by atoms with Gasteiger partial charge in [0.2, 0.25) is 0 Å². The van der Waals surface area contributed by atoms with Crippen molar-refractivity contribution in [2.75, 3.05) is 7.11 Å². The van der Waals surface area contributed by atoms with Crippen LogP contribution in [-0.2, 0) is 6.61 Å². The highest BCUT2D eigenvalue weighted by Gasteiger charge is 2.12. The second-order valence-electron chi connectivity index (χ2n) is 7.03. The molecule has 0 saturated carbocycles. The third kappa shape index (κ3) is 4.90. The molecule has 5 nitrogen and oxygen atoms in total. The predicted octanol–water partition coefficient (Wildman–Crippen LogP) is 5.84. The zero-order valence-corrected chi connectivity index (χ0v) is 18.2. The predicted molar refractivity (Wildman–Crippen MR) is 128 cm³/mol. The summed E-state index contributed by atoms with van der Waals surface area (Å²) < 4.78 is 11.3. The second kappa shape index (κ2) is 9.98. The highest BCUT2D eigenvalue weighted by molar-refractivity contribution is 6.32. The van der Waals surface area contributed by atoms with Gasteiger partial charge in [0.1, 0.15) is 6.61 Å². The smallest absolute Gasteiger partial charge is 0.271 e. The molecular weight excluding hydrogens is 424 g/mol. The summed E-state index contributed by atoms with van der Waals surface area (Å²) in [7, 11) is 1.55. The number of halogens is 1. The highest BCUT2D eigenvalue weighted by atomic mass is 35.5. The van der Waals surface area contributed by atoms with Crippen molar-refractivity contribution in [3.63, 3.8) is 0 Å². The molecule has 160 valence electrons. The Balaban J connectivity index is 1.47. The Labute approximate surface area is 191 Å². The van der Waals surface area contributed by atoms with Crippen LogP contribution in [0.3, 0.4) is 0 Å². The zero-order chi connectivity index (χ0) is 22.3. The molecule has 0 atom stereocenters. The number of nitrogens with one attached hydrogen (secondary N) is 1. The first-order chi connectivity index (χ1) is 15.7. The van der Waals surface area contributed by atoms with E-state index >= 15 is 0 Å². The van der Waals surface area contributed by atoms with Crippen molar-refractivity contribution in [3.05, 3.63) is 107 Å². The lowest BCUT2D eigenvalue weighted by molar-refractivity contribution is 0.0957. The Morgan fingerprint density at radius 1 is 1.00 bits per heavy atom. The van der Waals surface area contributed by atoms with Crippen LogP contribution in [0.2, 0.25) is 5.02 Å². The first kappa shape index (κ1) is 21.4. The first-order valence-electron chi connectivity index (χ1n) is 10.0. The Morgan fingerprint density at radius 3 is 2.56 bits per heavy atom. The molecule has 6 heteroatoms. The lowest BCUT2D eigenvalue weighted by Gasteiger charge is -2.13. The van der Waals surface area contributed by atoms with E-state index in [0.717, 1.165) is 16.3 Å². The lowest BCUT2D eigenvalue weighted by atomic mass is 10.0. The van der Waals surface area contributed by atoms with Gasteiger partial charge in [-0.3, -0.25) is 4.79 Å². The van der Waals surface area contributed by atoms with E-state index in [-0.39, 0.29) is 5.91 Å². The summed E-state index contributed by atoms with van der Waals surface area (Å²) in [5.74, 6) is 0.643. The van der Waals surface area contributed by atoms with Crippen molar-refractivity contribution in [3.8, 4) is 11.5 Å². The average Bonchev–Trinajstić information content (AvgIpc) is 2.83. The highest BCUT2D eigenvalue weighted by Crippen LogP contribution is 2.36. The number of nitrogens with zero attached hydrogens (tertiary/aromatic N) is 1. The molecule has 0 spiro atoms. The molecule has 0 heterocycles. The molecule has 0 unspecified atom stereocenters. The van der Waals surface area contributed by atoms with Gasteiger partial charge in [0.05, 0.1) is 18.3 Å². The molecule has 0 aromatic heterocycles. The molecule has 0 saturated heterocycles. The maximum absolute atomic E-state index is 12.6. The average molecular weight is 445 g/mol. The van der Waals surface area contributed by atoms with Gasteiger partial charge in [0.15, 0.2) is 11.5 Å². The Kier molecular flexibility index (Phi) is 6.68. The standard InChI is InChI=1S/C26H21ClN2O3/c1-31-24-15-19(14-23(27)25(24)32-17-18-8-3-2-4-9-18)16-28-29-26(30)22-13-7-11-20-10-5-6-12-21(20)22/h2-16H,17H2,1H3,(H,29,30)/b28-16-. The molecule has 0 bridgehead atoms. The van der Waals surface area contributed by atoms with Gasteiger partial charge in [0, 0.05) is 5.56 Å². The monoisotopic (exact) mass is 444 g/mol. The summed E-state index contributed by atoms with van der Waals surface area (Å²) in [4.78, 5) is 12.6. The van der Waals surface area contributed by atoms with Crippen LogP contribution >= 0.6 is 11.6 Å². The van der Waals surface area contributed by atoms with Crippen LogP contribution in [0.5, 0.6) is 11.5 Å². The number of carbonyl (C=O) groups is 1. The quantitative estimate of drug-likeness (QED) is 0.287. The number of hydrogen-bond acceptors (Lipinski definition) is 4. The van der Waals surface area contributed by atoms with Crippen LogP contribution < -0.4 is 14.9 Å². The van der Waals surface area contributed by atoms with Gasteiger partial charge in [-0.15, -0.1) is 0 Å². The number of carbonyl (C=O) groups excluding carboxylic acids is 1. The summed E-state index contributed by atoms with van der Waals surface area (Å²) in [5.41, 5.74) is 4.81. The topological polar surface area (TPSA) is 59.9 Å². The number of amides is 1. The molecule has 1 amide bonds. The van der Waals surface area contributed by atoms with Crippen molar-refractivity contribution < 1.29 is 14.3 Å². The van der Waals surface area contributed by atoms with E-state index in [4.69, 9.17) is 21.1 Å². The fourth-order valence-electron chi connectivity index (χ4n) is 3.33. The van der Waals surface area contributed by atoms with Gasteiger partial charge in [-0.25, -0.2) is 5.43 Å². The second-order valence-corrected chi connectivity index (χ2v) is 7.44. The summed E-state index contributed by atoms with van der Waals surface area (Å²) in [6.45, 7) is 0.367. The van der Waals surface area contributed by atoms with Gasteiger partial charge in [-0.2, -0.15) is 5.10 Å². The van der Waals surface area contributed by atoms with Gasteiger partial charge >= 0.3 is 0 Å². The summed E-state index contributed by atoms with van der Waals surface area (Å²) in [5, 5.41) is 6.34. The Bertz CT molecular complexity index is 1270. The minimum Gasteiger partial charge on any atom is -0.493 e. The Hall–Kier alpha value is -3.83. The van der Waals surface area contributed by atoms with Crippen molar-refractivity contribution in [2.45, 2.75) is 6.61 Å². The molecule has 0 radical (unpaired) electrons. The number of hydrogen-bond donors (Lipinski definition) is 1. The van der Waals surface area contributed by atoms with E-state index in [1.807, 2.05) is 66.7 Å². The van der Waals surface area contributed by atoms with Crippen LogP contribution in [0.4, 0.5) is 0 Å². The molecule has 4 aromatic rings. The normalized spacial score (nSPS) is 10.9. The molecule has 4 aromatic carbocycles. The van der Waals surface area contributed by atoms with E-state index in [9.17, 15) is 4.79 Å². The summed E-state index contributed by atoms with van der Waals surface area (Å²) in [6.07, 6.45) is 1.51. The molecule has 0 aliphatic heterocycles. The van der Waals surface area contributed by atoms with Gasteiger partial charge in [-0.1, -0.05) is 78.3 Å². The van der Waals surface area contributed by atoms with Crippen LogP contribution in [0.1, 0.15) is 21.5 Å². The van der Waals surface area contributed by atoms with Crippen molar-refractivity contribution in [2.24, 2.45) is 5.10 Å². The number of methoxy groups -OCH3 is 1. The largest absolute Gasteiger partial charge is 0.493 e. The number of ether oxygens (including phenoxy) is 2. The minimum atomic E-state index is -0.293. The number of rotatable bonds is 7. The SMILES string of the molecule is COc1cc(/C=N\NC(=O)c2cccc3ccccc23)cc(Cl)c1OCc1ccccc1. The summed E-state index contributed by atoms with van der Waals surface area (Å²) in [6, 6.07) is 26.5. The van der Waals surface area contributed by atoms with Gasteiger partial charge < -0.3 is 9.47 Å². The molecule has 0 fully saturated rings. The van der Waals surface area contributed by atoms with E-state index < -0.39 is 0 Å². The molecular formula is C26H21ClN2O3. The van der Waals surface area contributed by atoms with Gasteiger partial charge in [0.25, 0.3) is 5.91 Å². The third-order valence-electron chi connectivity index (χ3n) is 4.89. The maximum atomic E-state index is 12.6. The lowest BCUT2D eigenvalue weighted by Crippen LogP contribution is -2.17. The van der Waals surface area contributed by atoms with Crippen molar-refractivity contribution >= 4 is 34.5 Å². The molecule has 1 N–H and O–H groups in total. The van der Waals surface area contributed by atoms with Crippen LogP contribution in [0.25, 0.3) is 10.8 Å². The number of hydrazone groups is 1. The van der Waals surface area contributed by atoms with Crippen LogP contribution in [0.15, 0.2) is 90.0 Å². The summed E-state index contributed by atoms with van der Waals surface area (Å²) >= 11 is 6.43. The zero-order valence-electron chi connectivity index (χ0n) is 17.4. The molecule has 32 heavy (non-hydrogen) atoms. The van der Waals surface area contributed by atoms with Crippen LogP contribution in [0, 0.1) is 0 Å². The number of benzene rings is 4.